The van der Waals surface area contributed by atoms with E-state index in [1.165, 1.54) is 23.1 Å². The number of benzene rings is 2. The predicted octanol–water partition coefficient (Wildman–Crippen LogP) is 2.30. The molecule has 7 heteroatoms. The Morgan fingerprint density at radius 2 is 1.93 bits per heavy atom. The minimum atomic E-state index is -0.395. The highest BCUT2D eigenvalue weighted by Gasteiger charge is 2.37. The second-order valence-corrected chi connectivity index (χ2v) is 6.66. The lowest BCUT2D eigenvalue weighted by Crippen LogP contribution is -2.36. The molecule has 0 saturated carbocycles. The van der Waals surface area contributed by atoms with Crippen molar-refractivity contribution in [1.29, 1.82) is 0 Å². The zero-order valence-corrected chi connectivity index (χ0v) is 14.6. The minimum Gasteiger partial charge on any atom is -0.397 e. The summed E-state index contributed by atoms with van der Waals surface area (Å²) in [7, 11) is 0. The van der Waals surface area contributed by atoms with Crippen LogP contribution in [-0.4, -0.2) is 41.9 Å². The number of fused-ring (bicyclic) bond motifs is 1. The second-order valence-electron chi connectivity index (χ2n) is 6.66. The summed E-state index contributed by atoms with van der Waals surface area (Å²) in [6.45, 7) is 0.898. The second kappa shape index (κ2) is 6.85. The van der Waals surface area contributed by atoms with Crippen LogP contribution in [0.3, 0.4) is 0 Å². The van der Waals surface area contributed by atoms with Gasteiger partial charge in [-0.25, -0.2) is 0 Å². The summed E-state index contributed by atoms with van der Waals surface area (Å²) in [5, 5.41) is 2.72. The van der Waals surface area contributed by atoms with Gasteiger partial charge in [0.1, 0.15) is 0 Å². The lowest BCUT2D eigenvalue weighted by molar-refractivity contribution is 0.0475. The maximum atomic E-state index is 12.7. The van der Waals surface area contributed by atoms with Crippen molar-refractivity contribution in [2.75, 3.05) is 24.2 Å². The molecule has 3 N–H and O–H groups in total. The number of nitrogen functional groups attached to an aromatic ring is 1. The lowest BCUT2D eigenvalue weighted by atomic mass is 10.1. The van der Waals surface area contributed by atoms with E-state index in [0.717, 1.165) is 12.8 Å². The van der Waals surface area contributed by atoms with Gasteiger partial charge in [-0.2, -0.15) is 0 Å². The normalized spacial score (nSPS) is 18.7. The highest BCUT2D eigenvalue weighted by atomic mass is 16.5. The lowest BCUT2D eigenvalue weighted by Gasteiger charge is -2.17. The van der Waals surface area contributed by atoms with Crippen LogP contribution in [0, 0.1) is 0 Å². The maximum absolute atomic E-state index is 12.7. The molecule has 27 heavy (non-hydrogen) atoms. The van der Waals surface area contributed by atoms with Crippen LogP contribution in [0.4, 0.5) is 11.4 Å². The molecule has 1 atom stereocenters. The number of nitrogens with zero attached hydrogens (tertiary/aromatic N) is 1. The fourth-order valence-corrected chi connectivity index (χ4v) is 3.40. The molecule has 0 bridgehead atoms. The highest BCUT2D eigenvalue weighted by molar-refractivity contribution is 6.22. The van der Waals surface area contributed by atoms with Gasteiger partial charge in [0.2, 0.25) is 0 Å². The number of para-hydroxylation sites is 2. The van der Waals surface area contributed by atoms with Gasteiger partial charge in [0, 0.05) is 12.2 Å². The number of ether oxygens (including phenoxy) is 1. The summed E-state index contributed by atoms with van der Waals surface area (Å²) in [4.78, 5) is 38.9. The van der Waals surface area contributed by atoms with Crippen molar-refractivity contribution in [3.05, 3.63) is 59.2 Å². The molecule has 0 aromatic heterocycles. The van der Waals surface area contributed by atoms with Crippen molar-refractivity contribution < 1.29 is 19.1 Å². The molecule has 0 aliphatic carbocycles. The number of nitrogens with two attached hydrogens (primary N) is 1. The first kappa shape index (κ1) is 17.2. The van der Waals surface area contributed by atoms with Gasteiger partial charge in [0.15, 0.2) is 0 Å². The Bertz CT molecular complexity index is 935. The monoisotopic (exact) mass is 365 g/mol. The number of rotatable bonds is 4. The summed E-state index contributed by atoms with van der Waals surface area (Å²) < 4.78 is 5.53. The number of carbonyl (C=O) groups is 3. The SMILES string of the molecule is Nc1ccccc1NC(=O)c1ccc2c(c1)C(=O)N(CC1CCCO1)C2=O. The van der Waals surface area contributed by atoms with Gasteiger partial charge in [-0.05, 0) is 43.2 Å². The molecule has 7 nitrogen and oxygen atoms in total. The zero-order valence-electron chi connectivity index (χ0n) is 14.6. The minimum absolute atomic E-state index is 0.115. The number of hydrogen-bond donors (Lipinski definition) is 2. The fraction of sp³-hybridized carbons (Fsp3) is 0.250. The van der Waals surface area contributed by atoms with Crippen molar-refractivity contribution in [2.45, 2.75) is 18.9 Å². The first-order valence-corrected chi connectivity index (χ1v) is 8.82. The molecular formula is C20H19N3O4. The topological polar surface area (TPSA) is 102 Å². The van der Waals surface area contributed by atoms with E-state index in [2.05, 4.69) is 5.32 Å². The smallest absolute Gasteiger partial charge is 0.261 e. The van der Waals surface area contributed by atoms with Crippen molar-refractivity contribution in [3.63, 3.8) is 0 Å². The Kier molecular flexibility index (Phi) is 4.37. The Balaban J connectivity index is 1.55. The van der Waals surface area contributed by atoms with E-state index in [0.29, 0.717) is 23.5 Å². The highest BCUT2D eigenvalue weighted by Crippen LogP contribution is 2.27. The third kappa shape index (κ3) is 3.17. The van der Waals surface area contributed by atoms with Gasteiger partial charge in [-0.15, -0.1) is 0 Å². The molecule has 2 heterocycles. The molecule has 0 radical (unpaired) electrons. The number of hydrogen-bond acceptors (Lipinski definition) is 5. The number of amides is 3. The quantitative estimate of drug-likeness (QED) is 0.639. The van der Waals surface area contributed by atoms with E-state index in [4.69, 9.17) is 10.5 Å². The van der Waals surface area contributed by atoms with Crippen LogP contribution in [-0.2, 0) is 4.74 Å². The standard InChI is InChI=1S/C20H19N3O4/c21-16-5-1-2-6-17(16)22-18(24)12-7-8-14-15(10-12)20(26)23(19(14)25)11-13-4-3-9-27-13/h1-2,5-8,10,13H,3-4,9,11,21H2,(H,22,24). The third-order valence-electron chi connectivity index (χ3n) is 4.85. The molecule has 3 amide bonds. The van der Waals surface area contributed by atoms with E-state index in [1.807, 2.05) is 0 Å². The van der Waals surface area contributed by atoms with Crippen molar-refractivity contribution >= 4 is 29.1 Å². The number of carbonyl (C=O) groups excluding carboxylic acids is 3. The molecule has 2 aromatic carbocycles. The van der Waals surface area contributed by atoms with E-state index in [1.54, 1.807) is 24.3 Å². The van der Waals surface area contributed by atoms with Crippen molar-refractivity contribution in [1.82, 2.24) is 4.90 Å². The van der Waals surface area contributed by atoms with Crippen LogP contribution in [0.2, 0.25) is 0 Å². The van der Waals surface area contributed by atoms with E-state index < -0.39 is 5.91 Å². The zero-order chi connectivity index (χ0) is 19.0. The van der Waals surface area contributed by atoms with Crippen molar-refractivity contribution in [3.8, 4) is 0 Å². The van der Waals surface area contributed by atoms with Crippen LogP contribution in [0.25, 0.3) is 0 Å². The third-order valence-corrected chi connectivity index (χ3v) is 4.85. The summed E-state index contributed by atoms with van der Waals surface area (Å²) in [6, 6.07) is 11.4. The molecule has 0 spiro atoms. The summed E-state index contributed by atoms with van der Waals surface area (Å²) >= 11 is 0. The Morgan fingerprint density at radius 3 is 2.67 bits per heavy atom. The number of nitrogens with one attached hydrogen (secondary N) is 1. The molecule has 1 fully saturated rings. The fourth-order valence-electron chi connectivity index (χ4n) is 3.40. The summed E-state index contributed by atoms with van der Waals surface area (Å²) in [5.41, 5.74) is 7.62. The Labute approximate surface area is 156 Å². The summed E-state index contributed by atoms with van der Waals surface area (Å²) in [5.74, 6) is -1.13. The Morgan fingerprint density at radius 1 is 1.15 bits per heavy atom. The molecule has 4 rings (SSSR count). The largest absolute Gasteiger partial charge is 0.397 e. The average molecular weight is 365 g/mol. The van der Waals surface area contributed by atoms with Gasteiger partial charge < -0.3 is 15.8 Å². The molecule has 1 unspecified atom stereocenters. The molecule has 2 aromatic rings. The first-order valence-electron chi connectivity index (χ1n) is 8.82. The van der Waals surface area contributed by atoms with Gasteiger partial charge >= 0.3 is 0 Å². The van der Waals surface area contributed by atoms with E-state index in [9.17, 15) is 14.4 Å². The van der Waals surface area contributed by atoms with Gasteiger partial charge in [0.05, 0.1) is 35.2 Å². The first-order chi connectivity index (χ1) is 13.0. The van der Waals surface area contributed by atoms with Gasteiger partial charge in [0.25, 0.3) is 17.7 Å². The number of anilines is 2. The molecule has 138 valence electrons. The van der Waals surface area contributed by atoms with Crippen LogP contribution in [0.1, 0.15) is 43.9 Å². The average Bonchev–Trinajstić information content (AvgIpc) is 3.26. The molecule has 1 saturated heterocycles. The summed E-state index contributed by atoms with van der Waals surface area (Å²) in [6.07, 6.45) is 1.65. The Hall–Kier alpha value is -3.19. The molecular weight excluding hydrogens is 346 g/mol. The van der Waals surface area contributed by atoms with Gasteiger partial charge in [-0.3, -0.25) is 19.3 Å². The van der Waals surface area contributed by atoms with Crippen molar-refractivity contribution in [2.24, 2.45) is 0 Å². The predicted molar refractivity (Wildman–Crippen MR) is 99.6 cm³/mol. The van der Waals surface area contributed by atoms with Crippen LogP contribution < -0.4 is 11.1 Å². The van der Waals surface area contributed by atoms with Crippen LogP contribution >= 0.6 is 0 Å². The van der Waals surface area contributed by atoms with E-state index >= 15 is 0 Å². The molecule has 2 aliphatic heterocycles. The maximum Gasteiger partial charge on any atom is 0.261 e. The number of imide groups is 1. The van der Waals surface area contributed by atoms with Crippen LogP contribution in [0.5, 0.6) is 0 Å². The van der Waals surface area contributed by atoms with Gasteiger partial charge in [-0.1, -0.05) is 12.1 Å². The molecule has 2 aliphatic rings. The van der Waals surface area contributed by atoms with Crippen LogP contribution in [0.15, 0.2) is 42.5 Å². The van der Waals surface area contributed by atoms with E-state index in [-0.39, 0.29) is 35.6 Å².